The van der Waals surface area contributed by atoms with Gasteiger partial charge in [0, 0.05) is 17.0 Å². The Kier molecular flexibility index (Phi) is 5.63. The van der Waals surface area contributed by atoms with Gasteiger partial charge in [-0.25, -0.2) is 13.1 Å². The standard InChI is InChI=1S/C18H16BrNO5S/c19-14-4-6-15(7-5-14)26(22,23)20-18(21)9-3-13-2-8-16-17(12-13)25-11-1-10-24-16/h2-9,12H,1,10-11H2,(H,20,21)/b9-3+. The number of rotatable bonds is 4. The first-order chi connectivity index (χ1) is 12.4. The smallest absolute Gasteiger partial charge is 0.264 e. The molecule has 1 aliphatic rings. The lowest BCUT2D eigenvalue weighted by Gasteiger charge is -2.07. The second-order valence-corrected chi connectivity index (χ2v) is 8.11. The van der Waals surface area contributed by atoms with Crippen LogP contribution >= 0.6 is 15.9 Å². The number of sulfonamides is 1. The number of halogens is 1. The lowest BCUT2D eigenvalue weighted by molar-refractivity contribution is -0.114. The molecule has 0 saturated carbocycles. The molecule has 0 atom stereocenters. The number of carbonyl (C=O) groups excluding carboxylic acids is 1. The number of amides is 1. The molecule has 3 rings (SSSR count). The fourth-order valence-corrected chi connectivity index (χ4v) is 3.50. The third-order valence-electron chi connectivity index (χ3n) is 3.56. The van der Waals surface area contributed by atoms with Crippen LogP contribution in [0.3, 0.4) is 0 Å². The van der Waals surface area contributed by atoms with Gasteiger partial charge in [-0.1, -0.05) is 22.0 Å². The highest BCUT2D eigenvalue weighted by Gasteiger charge is 2.16. The van der Waals surface area contributed by atoms with Crippen molar-refractivity contribution in [3.05, 3.63) is 58.6 Å². The van der Waals surface area contributed by atoms with Crippen molar-refractivity contribution in [3.63, 3.8) is 0 Å². The molecule has 1 N–H and O–H groups in total. The van der Waals surface area contributed by atoms with Crippen LogP contribution in [0.1, 0.15) is 12.0 Å². The lowest BCUT2D eigenvalue weighted by atomic mass is 10.2. The molecule has 8 heteroatoms. The second kappa shape index (κ2) is 7.92. The number of nitrogens with one attached hydrogen (secondary N) is 1. The zero-order chi connectivity index (χ0) is 18.6. The highest BCUT2D eigenvalue weighted by Crippen LogP contribution is 2.30. The quantitative estimate of drug-likeness (QED) is 0.742. The molecule has 1 heterocycles. The van der Waals surface area contributed by atoms with Gasteiger partial charge < -0.3 is 9.47 Å². The molecule has 136 valence electrons. The van der Waals surface area contributed by atoms with Crippen molar-refractivity contribution in [2.45, 2.75) is 11.3 Å². The summed E-state index contributed by atoms with van der Waals surface area (Å²) in [7, 11) is -3.92. The fourth-order valence-electron chi connectivity index (χ4n) is 2.29. The van der Waals surface area contributed by atoms with E-state index in [2.05, 4.69) is 15.9 Å². The zero-order valence-corrected chi connectivity index (χ0v) is 16.0. The number of benzene rings is 2. The maximum absolute atomic E-state index is 12.2. The van der Waals surface area contributed by atoms with Gasteiger partial charge in [0.25, 0.3) is 15.9 Å². The van der Waals surface area contributed by atoms with E-state index in [0.29, 0.717) is 30.3 Å². The molecule has 26 heavy (non-hydrogen) atoms. The lowest BCUT2D eigenvalue weighted by Crippen LogP contribution is -2.28. The van der Waals surface area contributed by atoms with Gasteiger partial charge in [-0.05, 0) is 48.0 Å². The molecule has 0 bridgehead atoms. The van der Waals surface area contributed by atoms with Crippen molar-refractivity contribution in [2.24, 2.45) is 0 Å². The predicted octanol–water partition coefficient (Wildman–Crippen LogP) is 3.13. The number of carbonyl (C=O) groups is 1. The first-order valence-electron chi connectivity index (χ1n) is 7.84. The van der Waals surface area contributed by atoms with Crippen molar-refractivity contribution in [2.75, 3.05) is 13.2 Å². The van der Waals surface area contributed by atoms with Gasteiger partial charge in [0.05, 0.1) is 18.1 Å². The van der Waals surface area contributed by atoms with Gasteiger partial charge >= 0.3 is 0 Å². The van der Waals surface area contributed by atoms with Crippen LogP contribution < -0.4 is 14.2 Å². The fraction of sp³-hybridized carbons (Fsp3) is 0.167. The molecule has 0 spiro atoms. The van der Waals surface area contributed by atoms with Crippen LogP contribution in [0.4, 0.5) is 0 Å². The molecule has 0 aliphatic carbocycles. The third kappa shape index (κ3) is 4.64. The third-order valence-corrected chi connectivity index (χ3v) is 5.45. The molecule has 2 aromatic rings. The molecule has 0 fully saturated rings. The summed E-state index contributed by atoms with van der Waals surface area (Å²) in [5.41, 5.74) is 0.699. The molecule has 0 radical (unpaired) electrons. The van der Waals surface area contributed by atoms with E-state index in [4.69, 9.17) is 9.47 Å². The van der Waals surface area contributed by atoms with E-state index >= 15 is 0 Å². The summed E-state index contributed by atoms with van der Waals surface area (Å²) < 4.78 is 38.2. The van der Waals surface area contributed by atoms with Gasteiger partial charge in [-0.15, -0.1) is 0 Å². The van der Waals surface area contributed by atoms with Crippen LogP contribution in [0.2, 0.25) is 0 Å². The van der Waals surface area contributed by atoms with Gasteiger partial charge in [-0.2, -0.15) is 0 Å². The van der Waals surface area contributed by atoms with Crippen LogP contribution in [0.25, 0.3) is 6.08 Å². The van der Waals surface area contributed by atoms with Crippen molar-refractivity contribution < 1.29 is 22.7 Å². The molecule has 0 unspecified atom stereocenters. The summed E-state index contributed by atoms with van der Waals surface area (Å²) in [6.07, 6.45) is 3.48. The Bertz CT molecular complexity index is 939. The normalized spacial score (nSPS) is 14.0. The maximum Gasteiger partial charge on any atom is 0.264 e. The Hall–Kier alpha value is -2.32. The van der Waals surface area contributed by atoms with E-state index in [1.807, 2.05) is 4.72 Å². The minimum atomic E-state index is -3.92. The first kappa shape index (κ1) is 18.5. The van der Waals surface area contributed by atoms with E-state index in [-0.39, 0.29) is 4.90 Å². The number of hydrogen-bond acceptors (Lipinski definition) is 5. The van der Waals surface area contributed by atoms with E-state index < -0.39 is 15.9 Å². The summed E-state index contributed by atoms with van der Waals surface area (Å²) in [5, 5.41) is 0. The molecule has 0 saturated heterocycles. The summed E-state index contributed by atoms with van der Waals surface area (Å²) in [6.45, 7) is 1.16. The number of ether oxygens (including phenoxy) is 2. The summed E-state index contributed by atoms with van der Waals surface area (Å²) in [6, 6.07) is 11.3. The minimum absolute atomic E-state index is 0.0121. The highest BCUT2D eigenvalue weighted by atomic mass is 79.9. The Balaban J connectivity index is 1.69. The summed E-state index contributed by atoms with van der Waals surface area (Å²) >= 11 is 3.23. The molecule has 1 amide bonds. The Labute approximate surface area is 160 Å². The number of fused-ring (bicyclic) bond motifs is 1. The van der Waals surface area contributed by atoms with Crippen LogP contribution in [-0.2, 0) is 14.8 Å². The van der Waals surface area contributed by atoms with E-state index in [9.17, 15) is 13.2 Å². The van der Waals surface area contributed by atoms with Crippen LogP contribution in [0.5, 0.6) is 11.5 Å². The molecule has 2 aromatic carbocycles. The summed E-state index contributed by atoms with van der Waals surface area (Å²) in [5.74, 6) is 0.523. The zero-order valence-electron chi connectivity index (χ0n) is 13.6. The molecule has 6 nitrogen and oxygen atoms in total. The molecular weight excluding hydrogens is 422 g/mol. The van der Waals surface area contributed by atoms with Crippen molar-refractivity contribution in [1.82, 2.24) is 4.72 Å². The average Bonchev–Trinajstić information content (AvgIpc) is 2.85. The Morgan fingerprint density at radius 1 is 1.04 bits per heavy atom. The van der Waals surface area contributed by atoms with Crippen LogP contribution in [-0.4, -0.2) is 27.5 Å². The minimum Gasteiger partial charge on any atom is -0.490 e. The topological polar surface area (TPSA) is 81.7 Å². The van der Waals surface area contributed by atoms with Crippen LogP contribution in [0, 0.1) is 0 Å². The summed E-state index contributed by atoms with van der Waals surface area (Å²) in [4.78, 5) is 12.0. The Morgan fingerprint density at radius 3 is 2.46 bits per heavy atom. The van der Waals surface area contributed by atoms with Crippen molar-refractivity contribution >= 4 is 37.9 Å². The SMILES string of the molecule is O=C(/C=C/c1ccc2c(c1)OCCCO2)NS(=O)(=O)c1ccc(Br)cc1. The van der Waals surface area contributed by atoms with Gasteiger partial charge in [0.1, 0.15) is 0 Å². The van der Waals surface area contributed by atoms with E-state index in [1.54, 1.807) is 30.3 Å². The number of hydrogen-bond donors (Lipinski definition) is 1. The monoisotopic (exact) mass is 437 g/mol. The van der Waals surface area contributed by atoms with E-state index in [1.165, 1.54) is 18.2 Å². The first-order valence-corrected chi connectivity index (χ1v) is 10.1. The van der Waals surface area contributed by atoms with Gasteiger partial charge in [0.2, 0.25) is 0 Å². The molecule has 1 aliphatic heterocycles. The largest absolute Gasteiger partial charge is 0.490 e. The van der Waals surface area contributed by atoms with Crippen LogP contribution in [0.15, 0.2) is 57.9 Å². The van der Waals surface area contributed by atoms with Gasteiger partial charge in [0.15, 0.2) is 11.5 Å². The molecular formula is C18H16BrNO5S. The molecule has 0 aromatic heterocycles. The second-order valence-electron chi connectivity index (χ2n) is 5.51. The van der Waals surface area contributed by atoms with Gasteiger partial charge in [-0.3, -0.25) is 4.79 Å². The maximum atomic E-state index is 12.2. The predicted molar refractivity (Wildman–Crippen MR) is 101 cm³/mol. The Morgan fingerprint density at radius 2 is 1.73 bits per heavy atom. The average molecular weight is 438 g/mol. The van der Waals surface area contributed by atoms with Crippen molar-refractivity contribution in [3.8, 4) is 11.5 Å². The van der Waals surface area contributed by atoms with Crippen molar-refractivity contribution in [1.29, 1.82) is 0 Å². The highest BCUT2D eigenvalue weighted by molar-refractivity contribution is 9.10. The van der Waals surface area contributed by atoms with E-state index in [0.717, 1.165) is 17.0 Å².